The molecule has 0 aromatic heterocycles. The lowest BCUT2D eigenvalue weighted by Gasteiger charge is -2.30. The van der Waals surface area contributed by atoms with Gasteiger partial charge >= 0.3 is 0 Å². The molecule has 2 aliphatic rings. The Labute approximate surface area is 189 Å². The minimum atomic E-state index is 0. The van der Waals surface area contributed by atoms with E-state index in [1.54, 1.807) is 0 Å². The van der Waals surface area contributed by atoms with E-state index in [9.17, 15) is 0 Å². The van der Waals surface area contributed by atoms with Gasteiger partial charge in [0.2, 0.25) is 0 Å². The van der Waals surface area contributed by atoms with Crippen LogP contribution < -0.4 is 5.32 Å². The summed E-state index contributed by atoms with van der Waals surface area (Å²) in [6.07, 6.45) is 6.56. The number of nitrogens with one attached hydrogen (secondary N) is 1. The van der Waals surface area contributed by atoms with Gasteiger partial charge in [0.25, 0.3) is 0 Å². The summed E-state index contributed by atoms with van der Waals surface area (Å²) in [5.41, 5.74) is 1.60. The van der Waals surface area contributed by atoms with Crippen LogP contribution in [-0.4, -0.2) is 62.1 Å². The summed E-state index contributed by atoms with van der Waals surface area (Å²) in [7, 11) is 1.92. The topological polar surface area (TPSA) is 30.9 Å². The summed E-state index contributed by atoms with van der Waals surface area (Å²) in [5.74, 6) is 1.87. The standard InChI is InChI=1S/C23H38N4.HI/c1-23(2,16-20-10-6-4-7-11-20)19-25-22(24-3)27-15-12-21(18-27)17-26-13-8-5-9-14-26;/h4,6-7,10-11,21H,5,8-9,12-19H2,1-3H3,(H,24,25);1H. The second-order valence-electron chi connectivity index (χ2n) is 9.19. The van der Waals surface area contributed by atoms with E-state index in [1.165, 1.54) is 50.9 Å². The van der Waals surface area contributed by atoms with Crippen molar-refractivity contribution in [2.75, 3.05) is 46.3 Å². The van der Waals surface area contributed by atoms with Crippen molar-refractivity contribution in [2.24, 2.45) is 16.3 Å². The van der Waals surface area contributed by atoms with Crippen LogP contribution in [0.1, 0.15) is 45.1 Å². The highest BCUT2D eigenvalue weighted by Gasteiger charge is 2.28. The Bertz CT molecular complexity index is 596. The van der Waals surface area contributed by atoms with Crippen LogP contribution in [0.2, 0.25) is 0 Å². The smallest absolute Gasteiger partial charge is 0.193 e. The Balaban J connectivity index is 0.00000280. The van der Waals surface area contributed by atoms with E-state index in [-0.39, 0.29) is 29.4 Å². The highest BCUT2D eigenvalue weighted by molar-refractivity contribution is 14.0. The van der Waals surface area contributed by atoms with E-state index in [2.05, 4.69) is 64.3 Å². The van der Waals surface area contributed by atoms with Crippen molar-refractivity contribution in [3.63, 3.8) is 0 Å². The van der Waals surface area contributed by atoms with Crippen LogP contribution in [0.3, 0.4) is 0 Å². The average molecular weight is 498 g/mol. The van der Waals surface area contributed by atoms with Crippen LogP contribution in [0.15, 0.2) is 35.3 Å². The summed E-state index contributed by atoms with van der Waals surface area (Å²) in [4.78, 5) is 9.72. The molecule has 2 saturated heterocycles. The summed E-state index contributed by atoms with van der Waals surface area (Å²) in [5, 5.41) is 3.66. The molecule has 0 saturated carbocycles. The van der Waals surface area contributed by atoms with Gasteiger partial charge in [-0.3, -0.25) is 4.99 Å². The number of hydrogen-bond donors (Lipinski definition) is 1. The molecule has 1 N–H and O–H groups in total. The maximum atomic E-state index is 4.58. The van der Waals surface area contributed by atoms with Crippen LogP contribution in [-0.2, 0) is 6.42 Å². The number of piperidine rings is 1. The van der Waals surface area contributed by atoms with Crippen molar-refractivity contribution in [3.8, 4) is 0 Å². The molecule has 5 heteroatoms. The van der Waals surface area contributed by atoms with Crippen LogP contribution in [0.4, 0.5) is 0 Å². The first-order valence-corrected chi connectivity index (χ1v) is 10.8. The molecule has 1 aromatic rings. The van der Waals surface area contributed by atoms with Gasteiger partial charge in [-0.05, 0) is 55.7 Å². The number of halogens is 1. The zero-order valence-corrected chi connectivity index (χ0v) is 20.3. The predicted molar refractivity (Wildman–Crippen MR) is 131 cm³/mol. The molecule has 28 heavy (non-hydrogen) atoms. The molecule has 4 nitrogen and oxygen atoms in total. The molecule has 1 aromatic carbocycles. The lowest BCUT2D eigenvalue weighted by Crippen LogP contribution is -2.44. The van der Waals surface area contributed by atoms with Crippen molar-refractivity contribution < 1.29 is 0 Å². The van der Waals surface area contributed by atoms with Crippen molar-refractivity contribution in [3.05, 3.63) is 35.9 Å². The van der Waals surface area contributed by atoms with Gasteiger partial charge in [0.15, 0.2) is 5.96 Å². The summed E-state index contributed by atoms with van der Waals surface area (Å²) in [6.45, 7) is 11.8. The van der Waals surface area contributed by atoms with Gasteiger partial charge in [0, 0.05) is 33.2 Å². The third kappa shape index (κ3) is 7.21. The lowest BCUT2D eigenvalue weighted by atomic mass is 9.86. The number of rotatable bonds is 6. The van der Waals surface area contributed by atoms with Gasteiger partial charge in [0.05, 0.1) is 0 Å². The minimum Gasteiger partial charge on any atom is -0.356 e. The maximum absolute atomic E-state index is 4.58. The van der Waals surface area contributed by atoms with Crippen molar-refractivity contribution in [2.45, 2.75) is 46.0 Å². The lowest BCUT2D eigenvalue weighted by molar-refractivity contribution is 0.198. The van der Waals surface area contributed by atoms with Crippen molar-refractivity contribution >= 4 is 29.9 Å². The molecule has 158 valence electrons. The van der Waals surface area contributed by atoms with Gasteiger partial charge < -0.3 is 15.1 Å². The zero-order valence-electron chi connectivity index (χ0n) is 18.0. The fourth-order valence-electron chi connectivity index (χ4n) is 4.54. The molecule has 1 unspecified atom stereocenters. The number of nitrogens with zero attached hydrogens (tertiary/aromatic N) is 3. The second kappa shape index (κ2) is 11.4. The Morgan fingerprint density at radius 1 is 1.11 bits per heavy atom. The average Bonchev–Trinajstić information content (AvgIpc) is 3.12. The van der Waals surface area contributed by atoms with Gasteiger partial charge in [-0.2, -0.15) is 0 Å². The molecule has 0 aliphatic carbocycles. The van der Waals surface area contributed by atoms with Gasteiger partial charge in [-0.15, -0.1) is 24.0 Å². The molecule has 2 heterocycles. The molecule has 2 aliphatic heterocycles. The molecule has 0 bridgehead atoms. The molecule has 3 rings (SSSR count). The Morgan fingerprint density at radius 3 is 2.50 bits per heavy atom. The minimum absolute atomic E-state index is 0. The first kappa shape index (κ1) is 23.5. The third-order valence-electron chi connectivity index (χ3n) is 6.01. The predicted octanol–water partition coefficient (Wildman–Crippen LogP) is 4.26. The van der Waals surface area contributed by atoms with E-state index < -0.39 is 0 Å². The van der Waals surface area contributed by atoms with E-state index in [0.29, 0.717) is 0 Å². The number of aliphatic imine (C=N–C) groups is 1. The maximum Gasteiger partial charge on any atom is 0.193 e. The Kier molecular flexibility index (Phi) is 9.54. The monoisotopic (exact) mass is 498 g/mol. The number of likely N-dealkylation sites (tertiary alicyclic amines) is 2. The molecule has 0 amide bonds. The summed E-state index contributed by atoms with van der Waals surface area (Å²) in [6, 6.07) is 10.8. The Hall–Kier alpha value is -0.820. The molecular formula is C23H39IN4. The fraction of sp³-hybridized carbons (Fsp3) is 0.696. The normalized spacial score (nSPS) is 21.5. The number of guanidine groups is 1. The molecule has 2 fully saturated rings. The Morgan fingerprint density at radius 2 is 1.82 bits per heavy atom. The van der Waals surface area contributed by atoms with Gasteiger partial charge in [-0.25, -0.2) is 0 Å². The van der Waals surface area contributed by atoms with E-state index in [0.717, 1.165) is 37.9 Å². The molecule has 1 atom stereocenters. The van der Waals surface area contributed by atoms with Crippen LogP contribution in [0.5, 0.6) is 0 Å². The van der Waals surface area contributed by atoms with Crippen molar-refractivity contribution in [1.82, 2.24) is 15.1 Å². The SMILES string of the molecule is CN=C(NCC(C)(C)Cc1ccccc1)N1CCC(CN2CCCCC2)C1.I. The number of hydrogen-bond acceptors (Lipinski definition) is 2. The second-order valence-corrected chi connectivity index (χ2v) is 9.19. The highest BCUT2D eigenvalue weighted by atomic mass is 127. The van der Waals surface area contributed by atoms with Gasteiger partial charge in [0.1, 0.15) is 0 Å². The first-order chi connectivity index (χ1) is 13.1. The largest absolute Gasteiger partial charge is 0.356 e. The molecule has 0 radical (unpaired) electrons. The fourth-order valence-corrected chi connectivity index (χ4v) is 4.54. The third-order valence-corrected chi connectivity index (χ3v) is 6.01. The first-order valence-electron chi connectivity index (χ1n) is 10.8. The van der Waals surface area contributed by atoms with Crippen LogP contribution in [0.25, 0.3) is 0 Å². The zero-order chi connectivity index (χ0) is 19.1. The molecular weight excluding hydrogens is 459 g/mol. The van der Waals surface area contributed by atoms with Crippen molar-refractivity contribution in [1.29, 1.82) is 0 Å². The highest BCUT2D eigenvalue weighted by Crippen LogP contribution is 2.22. The van der Waals surface area contributed by atoms with E-state index in [1.807, 2.05) is 7.05 Å². The van der Waals surface area contributed by atoms with Crippen LogP contribution >= 0.6 is 24.0 Å². The quantitative estimate of drug-likeness (QED) is 0.362. The van der Waals surface area contributed by atoms with Crippen LogP contribution in [0, 0.1) is 11.3 Å². The van der Waals surface area contributed by atoms with E-state index >= 15 is 0 Å². The van der Waals surface area contributed by atoms with Gasteiger partial charge in [-0.1, -0.05) is 50.6 Å². The number of benzene rings is 1. The van der Waals surface area contributed by atoms with E-state index in [4.69, 9.17) is 0 Å². The summed E-state index contributed by atoms with van der Waals surface area (Å²) >= 11 is 0. The summed E-state index contributed by atoms with van der Waals surface area (Å²) < 4.78 is 0. The molecule has 0 spiro atoms.